The van der Waals surface area contributed by atoms with Crippen molar-refractivity contribution in [2.75, 3.05) is 20.3 Å². The lowest BCUT2D eigenvalue weighted by molar-refractivity contribution is -0.325. The minimum absolute atomic E-state index is 0.201. The fourth-order valence-electron chi connectivity index (χ4n) is 1.35. The molecule has 0 heterocycles. The first-order chi connectivity index (χ1) is 8.48. The van der Waals surface area contributed by atoms with Gasteiger partial charge in [-0.05, 0) is 6.07 Å². The van der Waals surface area contributed by atoms with Gasteiger partial charge in [-0.1, -0.05) is 12.1 Å². The minimum Gasteiger partial charge on any atom is -0.493 e. The van der Waals surface area contributed by atoms with E-state index in [0.717, 1.165) is 0 Å². The number of para-hydroxylation sites is 1. The molecule has 0 radical (unpaired) electrons. The van der Waals surface area contributed by atoms with E-state index in [4.69, 9.17) is 15.2 Å². The van der Waals surface area contributed by atoms with Gasteiger partial charge in [-0.15, -0.1) is 13.2 Å². The van der Waals surface area contributed by atoms with Gasteiger partial charge >= 0.3 is 6.36 Å². The highest BCUT2D eigenvalue weighted by atomic mass is 19.4. The second-order valence-electron chi connectivity index (χ2n) is 3.30. The summed E-state index contributed by atoms with van der Waals surface area (Å²) in [6.45, 7) is -0.634. The molecule has 0 unspecified atom stereocenters. The molecule has 0 amide bonds. The molecule has 1 aromatic rings. The SMILES string of the molecule is COc1cccc(CN)c1OCCOC(F)(F)F. The van der Waals surface area contributed by atoms with Gasteiger partial charge in [0.1, 0.15) is 6.61 Å². The fourth-order valence-corrected chi connectivity index (χ4v) is 1.35. The van der Waals surface area contributed by atoms with Crippen LogP contribution in [0.3, 0.4) is 0 Å². The summed E-state index contributed by atoms with van der Waals surface area (Å²) in [6.07, 6.45) is -4.65. The van der Waals surface area contributed by atoms with Gasteiger partial charge < -0.3 is 15.2 Å². The van der Waals surface area contributed by atoms with Crippen LogP contribution in [0.1, 0.15) is 5.56 Å². The molecule has 0 aliphatic heterocycles. The minimum atomic E-state index is -4.65. The lowest BCUT2D eigenvalue weighted by Crippen LogP contribution is -2.18. The van der Waals surface area contributed by atoms with Crippen LogP contribution in [0.2, 0.25) is 0 Å². The molecule has 102 valence electrons. The molecule has 0 saturated heterocycles. The first-order valence-corrected chi connectivity index (χ1v) is 5.17. The zero-order chi connectivity index (χ0) is 13.6. The van der Waals surface area contributed by atoms with Gasteiger partial charge in [0, 0.05) is 12.1 Å². The quantitative estimate of drug-likeness (QED) is 0.800. The fraction of sp³-hybridized carbons (Fsp3) is 0.455. The molecule has 4 nitrogen and oxygen atoms in total. The molecule has 0 aliphatic rings. The molecule has 0 fully saturated rings. The summed E-state index contributed by atoms with van der Waals surface area (Å²) in [5.41, 5.74) is 6.15. The molecular weight excluding hydrogens is 251 g/mol. The number of halogens is 3. The van der Waals surface area contributed by atoms with E-state index in [1.165, 1.54) is 7.11 Å². The third-order valence-electron chi connectivity index (χ3n) is 2.10. The molecule has 0 aromatic heterocycles. The maximum atomic E-state index is 11.7. The monoisotopic (exact) mass is 265 g/mol. The van der Waals surface area contributed by atoms with E-state index in [1.54, 1.807) is 18.2 Å². The van der Waals surface area contributed by atoms with Crippen LogP contribution in [0.5, 0.6) is 11.5 Å². The number of benzene rings is 1. The Morgan fingerprint density at radius 2 is 1.94 bits per heavy atom. The van der Waals surface area contributed by atoms with Gasteiger partial charge in [0.05, 0.1) is 13.7 Å². The Bertz CT molecular complexity index is 360. The van der Waals surface area contributed by atoms with Crippen molar-refractivity contribution in [1.29, 1.82) is 0 Å². The molecule has 0 saturated carbocycles. The van der Waals surface area contributed by atoms with Crippen molar-refractivity contribution in [2.45, 2.75) is 12.9 Å². The van der Waals surface area contributed by atoms with Gasteiger partial charge in [0.2, 0.25) is 0 Å². The van der Waals surface area contributed by atoms with Crippen LogP contribution in [0, 0.1) is 0 Å². The molecule has 18 heavy (non-hydrogen) atoms. The lowest BCUT2D eigenvalue weighted by atomic mass is 10.2. The van der Waals surface area contributed by atoms with Crippen LogP contribution in [-0.2, 0) is 11.3 Å². The summed E-state index contributed by atoms with van der Waals surface area (Å²) in [5, 5.41) is 0. The van der Waals surface area contributed by atoms with Gasteiger partial charge in [-0.25, -0.2) is 0 Å². The van der Waals surface area contributed by atoms with Crippen molar-refractivity contribution in [1.82, 2.24) is 0 Å². The number of alkyl halides is 3. The number of hydrogen-bond acceptors (Lipinski definition) is 4. The number of methoxy groups -OCH3 is 1. The Morgan fingerprint density at radius 3 is 2.50 bits per heavy atom. The van der Waals surface area contributed by atoms with E-state index in [0.29, 0.717) is 17.1 Å². The predicted octanol–water partition coefficient (Wildman–Crippen LogP) is 2.07. The number of nitrogens with two attached hydrogens (primary N) is 1. The molecule has 0 atom stereocenters. The average Bonchev–Trinajstić information content (AvgIpc) is 2.33. The van der Waals surface area contributed by atoms with Gasteiger partial charge in [0.15, 0.2) is 11.5 Å². The smallest absolute Gasteiger partial charge is 0.493 e. The van der Waals surface area contributed by atoms with Gasteiger partial charge in [0.25, 0.3) is 0 Å². The highest BCUT2D eigenvalue weighted by molar-refractivity contribution is 5.46. The van der Waals surface area contributed by atoms with Crippen molar-refractivity contribution in [2.24, 2.45) is 5.73 Å². The molecule has 7 heteroatoms. The summed E-state index contributed by atoms with van der Waals surface area (Å²) in [7, 11) is 1.44. The number of hydrogen-bond donors (Lipinski definition) is 1. The van der Waals surface area contributed by atoms with Crippen molar-refractivity contribution in [3.8, 4) is 11.5 Å². The normalized spacial score (nSPS) is 11.4. The van der Waals surface area contributed by atoms with Crippen LogP contribution in [0.25, 0.3) is 0 Å². The van der Waals surface area contributed by atoms with Crippen LogP contribution >= 0.6 is 0 Å². The average molecular weight is 265 g/mol. The zero-order valence-corrected chi connectivity index (χ0v) is 9.79. The van der Waals surface area contributed by atoms with E-state index < -0.39 is 13.0 Å². The Kier molecular flexibility index (Phi) is 5.24. The number of ether oxygens (including phenoxy) is 3. The van der Waals surface area contributed by atoms with Crippen molar-refractivity contribution >= 4 is 0 Å². The van der Waals surface area contributed by atoms with Gasteiger partial charge in [-0.3, -0.25) is 4.74 Å². The van der Waals surface area contributed by atoms with E-state index >= 15 is 0 Å². The highest BCUT2D eigenvalue weighted by Crippen LogP contribution is 2.30. The van der Waals surface area contributed by atoms with Crippen molar-refractivity contribution < 1.29 is 27.4 Å². The van der Waals surface area contributed by atoms with Crippen LogP contribution < -0.4 is 15.2 Å². The predicted molar refractivity (Wildman–Crippen MR) is 58.4 cm³/mol. The van der Waals surface area contributed by atoms with Crippen molar-refractivity contribution in [3.63, 3.8) is 0 Å². The maximum Gasteiger partial charge on any atom is 0.522 e. The Morgan fingerprint density at radius 1 is 1.22 bits per heavy atom. The summed E-state index contributed by atoms with van der Waals surface area (Å²) in [6, 6.07) is 5.07. The molecule has 0 spiro atoms. The summed E-state index contributed by atoms with van der Waals surface area (Å²) in [5.74, 6) is 0.762. The van der Waals surface area contributed by atoms with Crippen molar-refractivity contribution in [3.05, 3.63) is 23.8 Å². The Balaban J connectivity index is 2.60. The maximum absolute atomic E-state index is 11.7. The molecule has 2 N–H and O–H groups in total. The molecular formula is C11H14F3NO3. The third kappa shape index (κ3) is 4.42. The largest absolute Gasteiger partial charge is 0.522 e. The third-order valence-corrected chi connectivity index (χ3v) is 2.10. The van der Waals surface area contributed by atoms with E-state index in [1.807, 2.05) is 0 Å². The molecule has 0 bridgehead atoms. The Hall–Kier alpha value is -1.47. The molecule has 0 aliphatic carbocycles. The molecule has 1 aromatic carbocycles. The van der Waals surface area contributed by atoms with E-state index in [2.05, 4.69) is 4.74 Å². The second kappa shape index (κ2) is 6.46. The second-order valence-corrected chi connectivity index (χ2v) is 3.30. The van der Waals surface area contributed by atoms with E-state index in [9.17, 15) is 13.2 Å². The van der Waals surface area contributed by atoms with Gasteiger partial charge in [-0.2, -0.15) is 0 Å². The number of rotatable bonds is 6. The standard InChI is InChI=1S/C11H14F3NO3/c1-16-9-4-2-3-8(7-15)10(9)17-5-6-18-11(12,13)14/h2-4H,5-7,15H2,1H3. The Labute approximate surface area is 102 Å². The lowest BCUT2D eigenvalue weighted by Gasteiger charge is -2.14. The summed E-state index contributed by atoms with van der Waals surface area (Å²) < 4.78 is 49.1. The summed E-state index contributed by atoms with van der Waals surface area (Å²) >= 11 is 0. The van der Waals surface area contributed by atoms with Crippen LogP contribution in [0.4, 0.5) is 13.2 Å². The topological polar surface area (TPSA) is 53.7 Å². The molecule has 1 rings (SSSR count). The van der Waals surface area contributed by atoms with Crippen LogP contribution in [0.15, 0.2) is 18.2 Å². The van der Waals surface area contributed by atoms with E-state index in [-0.39, 0.29) is 13.2 Å². The van der Waals surface area contributed by atoms with Crippen LogP contribution in [-0.4, -0.2) is 26.7 Å². The first kappa shape index (κ1) is 14.6. The zero-order valence-electron chi connectivity index (χ0n) is 9.79. The highest BCUT2D eigenvalue weighted by Gasteiger charge is 2.28. The first-order valence-electron chi connectivity index (χ1n) is 5.17. The summed E-state index contributed by atoms with van der Waals surface area (Å²) in [4.78, 5) is 0.